The highest BCUT2D eigenvalue weighted by Crippen LogP contribution is 2.25. The highest BCUT2D eigenvalue weighted by molar-refractivity contribution is 5.36. The third kappa shape index (κ3) is 2.58. The van der Waals surface area contributed by atoms with Crippen LogP contribution in [0, 0.1) is 0 Å². The minimum absolute atomic E-state index is 0.152. The van der Waals surface area contributed by atoms with Gasteiger partial charge in [0.15, 0.2) is 5.82 Å². The zero-order valence-electron chi connectivity index (χ0n) is 12.0. The highest BCUT2D eigenvalue weighted by Gasteiger charge is 2.19. The van der Waals surface area contributed by atoms with E-state index in [1.807, 2.05) is 48.5 Å². The van der Waals surface area contributed by atoms with Gasteiger partial charge >= 0.3 is 0 Å². The first-order valence-electron chi connectivity index (χ1n) is 7.06. The van der Waals surface area contributed by atoms with Gasteiger partial charge in [0.1, 0.15) is 5.82 Å². The molecule has 0 saturated carbocycles. The number of nitrogens with two attached hydrogens (primary N) is 1. The lowest BCUT2D eigenvalue weighted by Gasteiger charge is -2.15. The Labute approximate surface area is 124 Å². The molecule has 0 saturated heterocycles. The first-order valence-corrected chi connectivity index (χ1v) is 7.06. The normalized spacial score (nSPS) is 12.3. The van der Waals surface area contributed by atoms with Crippen molar-refractivity contribution in [2.24, 2.45) is 5.73 Å². The van der Waals surface area contributed by atoms with Gasteiger partial charge in [0, 0.05) is 11.6 Å². The van der Waals surface area contributed by atoms with Gasteiger partial charge < -0.3 is 5.73 Å². The summed E-state index contributed by atoms with van der Waals surface area (Å²) in [5.41, 5.74) is 8.07. The summed E-state index contributed by atoms with van der Waals surface area (Å²) in [5.74, 6) is 1.84. The molecule has 3 rings (SSSR count). The maximum Gasteiger partial charge on any atom is 0.151 e. The van der Waals surface area contributed by atoms with Gasteiger partial charge in [-0.3, -0.25) is 4.57 Å². The Morgan fingerprint density at radius 1 is 0.952 bits per heavy atom. The van der Waals surface area contributed by atoms with Crippen LogP contribution in [0.4, 0.5) is 0 Å². The van der Waals surface area contributed by atoms with Crippen molar-refractivity contribution < 1.29 is 0 Å². The van der Waals surface area contributed by atoms with Crippen molar-refractivity contribution in [2.45, 2.75) is 19.4 Å². The van der Waals surface area contributed by atoms with Crippen LogP contribution in [0.3, 0.4) is 0 Å². The number of rotatable bonds is 4. The van der Waals surface area contributed by atoms with Gasteiger partial charge in [-0.05, 0) is 17.7 Å². The van der Waals surface area contributed by atoms with Crippen molar-refractivity contribution in [3.05, 3.63) is 77.9 Å². The zero-order chi connectivity index (χ0) is 14.7. The fraction of sp³-hybridized carbons (Fsp3) is 0.176. The first-order chi connectivity index (χ1) is 10.3. The molecular weight excluding hydrogens is 260 g/mol. The molecule has 0 aliphatic heterocycles. The molecule has 1 aromatic heterocycles. The molecule has 0 aliphatic rings. The van der Waals surface area contributed by atoms with Gasteiger partial charge in [-0.2, -0.15) is 0 Å². The van der Waals surface area contributed by atoms with E-state index in [2.05, 4.69) is 33.8 Å². The number of nitrogens with zero attached hydrogens (tertiary/aromatic N) is 3. The van der Waals surface area contributed by atoms with Crippen LogP contribution < -0.4 is 5.73 Å². The lowest BCUT2D eigenvalue weighted by molar-refractivity contribution is 0.767. The van der Waals surface area contributed by atoms with Crippen molar-refractivity contribution in [2.75, 3.05) is 0 Å². The van der Waals surface area contributed by atoms with Crippen LogP contribution in [-0.2, 0) is 6.54 Å². The molecule has 0 bridgehead atoms. The van der Waals surface area contributed by atoms with Gasteiger partial charge in [-0.25, -0.2) is 0 Å². The van der Waals surface area contributed by atoms with Crippen LogP contribution in [0.15, 0.2) is 60.7 Å². The predicted molar refractivity (Wildman–Crippen MR) is 83.2 cm³/mol. The van der Waals surface area contributed by atoms with E-state index in [0.29, 0.717) is 6.54 Å². The van der Waals surface area contributed by atoms with E-state index in [1.165, 1.54) is 5.56 Å². The number of para-hydroxylation sites is 1. The molecule has 0 aliphatic carbocycles. The van der Waals surface area contributed by atoms with Crippen LogP contribution >= 0.6 is 0 Å². The van der Waals surface area contributed by atoms with Gasteiger partial charge in [0.25, 0.3) is 0 Å². The molecular formula is C17H18N4. The number of hydrogen-bond donors (Lipinski definition) is 1. The van der Waals surface area contributed by atoms with Crippen LogP contribution in [0.2, 0.25) is 0 Å². The summed E-state index contributed by atoms with van der Waals surface area (Å²) in [5, 5.41) is 8.62. The summed E-state index contributed by atoms with van der Waals surface area (Å²) in [6.07, 6.45) is 0. The van der Waals surface area contributed by atoms with Crippen LogP contribution in [0.1, 0.15) is 30.1 Å². The summed E-state index contributed by atoms with van der Waals surface area (Å²) >= 11 is 0. The molecule has 4 heteroatoms. The van der Waals surface area contributed by atoms with Crippen LogP contribution in [0.25, 0.3) is 5.69 Å². The molecule has 1 heterocycles. The smallest absolute Gasteiger partial charge is 0.151 e. The monoisotopic (exact) mass is 278 g/mol. The maximum absolute atomic E-state index is 5.82. The standard InChI is InChI=1S/C17H18N4/c1-13(14-8-4-2-5-9-14)17-20-19-16(12-18)21(17)15-10-6-3-7-11-15/h2-11,13H,12,18H2,1H3. The van der Waals surface area contributed by atoms with E-state index in [9.17, 15) is 0 Å². The van der Waals surface area contributed by atoms with E-state index in [-0.39, 0.29) is 5.92 Å². The third-order valence-electron chi connectivity index (χ3n) is 3.64. The van der Waals surface area contributed by atoms with E-state index in [4.69, 9.17) is 5.73 Å². The largest absolute Gasteiger partial charge is 0.324 e. The average Bonchev–Trinajstić information content (AvgIpc) is 2.99. The molecule has 2 N–H and O–H groups in total. The van der Waals surface area contributed by atoms with E-state index >= 15 is 0 Å². The molecule has 0 fully saturated rings. The Bertz CT molecular complexity index is 704. The Morgan fingerprint density at radius 3 is 2.19 bits per heavy atom. The average molecular weight is 278 g/mol. The predicted octanol–water partition coefficient (Wildman–Crippen LogP) is 2.88. The second kappa shape index (κ2) is 5.89. The highest BCUT2D eigenvalue weighted by atomic mass is 15.3. The summed E-state index contributed by atoms with van der Waals surface area (Å²) in [4.78, 5) is 0. The summed E-state index contributed by atoms with van der Waals surface area (Å²) in [7, 11) is 0. The Hall–Kier alpha value is -2.46. The number of hydrogen-bond acceptors (Lipinski definition) is 3. The SMILES string of the molecule is CC(c1ccccc1)c1nnc(CN)n1-c1ccccc1. The number of benzene rings is 2. The van der Waals surface area contributed by atoms with Crippen molar-refractivity contribution in [3.8, 4) is 5.69 Å². The molecule has 3 aromatic rings. The Morgan fingerprint density at radius 2 is 1.57 bits per heavy atom. The summed E-state index contributed by atoms with van der Waals surface area (Å²) in [6.45, 7) is 2.50. The topological polar surface area (TPSA) is 56.7 Å². The fourth-order valence-corrected chi connectivity index (χ4v) is 2.49. The lowest BCUT2D eigenvalue weighted by Crippen LogP contribution is -2.11. The first kappa shape index (κ1) is 13.5. The molecule has 0 radical (unpaired) electrons. The molecule has 1 atom stereocenters. The lowest BCUT2D eigenvalue weighted by atomic mass is 10.0. The molecule has 21 heavy (non-hydrogen) atoms. The second-order valence-corrected chi connectivity index (χ2v) is 4.98. The maximum atomic E-state index is 5.82. The van der Waals surface area contributed by atoms with Crippen LogP contribution in [0.5, 0.6) is 0 Å². The molecule has 2 aromatic carbocycles. The van der Waals surface area contributed by atoms with E-state index < -0.39 is 0 Å². The van der Waals surface area contributed by atoms with Crippen LogP contribution in [-0.4, -0.2) is 14.8 Å². The van der Waals surface area contributed by atoms with Crippen molar-refractivity contribution in [1.29, 1.82) is 0 Å². The minimum Gasteiger partial charge on any atom is -0.324 e. The summed E-state index contributed by atoms with van der Waals surface area (Å²) in [6, 6.07) is 20.4. The number of aromatic nitrogens is 3. The third-order valence-corrected chi connectivity index (χ3v) is 3.64. The molecule has 106 valence electrons. The fourth-order valence-electron chi connectivity index (χ4n) is 2.49. The molecule has 0 amide bonds. The minimum atomic E-state index is 0.152. The molecule has 1 unspecified atom stereocenters. The molecule has 4 nitrogen and oxygen atoms in total. The Balaban J connectivity index is 2.10. The van der Waals surface area contributed by atoms with E-state index in [1.54, 1.807) is 0 Å². The van der Waals surface area contributed by atoms with Gasteiger partial charge in [-0.1, -0.05) is 55.5 Å². The Kier molecular flexibility index (Phi) is 3.79. The zero-order valence-corrected chi connectivity index (χ0v) is 12.0. The second-order valence-electron chi connectivity index (χ2n) is 4.98. The van der Waals surface area contributed by atoms with Crippen molar-refractivity contribution in [1.82, 2.24) is 14.8 Å². The van der Waals surface area contributed by atoms with Crippen molar-refractivity contribution >= 4 is 0 Å². The van der Waals surface area contributed by atoms with Gasteiger partial charge in [-0.15, -0.1) is 10.2 Å². The summed E-state index contributed by atoms with van der Waals surface area (Å²) < 4.78 is 2.05. The van der Waals surface area contributed by atoms with Gasteiger partial charge in [0.05, 0.1) is 6.54 Å². The van der Waals surface area contributed by atoms with E-state index in [0.717, 1.165) is 17.3 Å². The molecule has 0 spiro atoms. The van der Waals surface area contributed by atoms with Crippen molar-refractivity contribution in [3.63, 3.8) is 0 Å². The van der Waals surface area contributed by atoms with Gasteiger partial charge in [0.2, 0.25) is 0 Å². The quantitative estimate of drug-likeness (QED) is 0.798.